The van der Waals surface area contributed by atoms with E-state index in [0.29, 0.717) is 10.8 Å². The summed E-state index contributed by atoms with van der Waals surface area (Å²) in [5.74, 6) is 0.296. The number of ether oxygens (including phenoxy) is 2. The van der Waals surface area contributed by atoms with Crippen LogP contribution >= 0.6 is 27.5 Å². The van der Waals surface area contributed by atoms with Gasteiger partial charge in [0.25, 0.3) is 5.91 Å². The SMILES string of the molecule is C[C@H](NC(=O)C(C)(C)Oc1ccc(Br)cc1Cl)[C@H]1CCCO1. The van der Waals surface area contributed by atoms with E-state index >= 15 is 0 Å². The van der Waals surface area contributed by atoms with Crippen LogP contribution in [0.15, 0.2) is 22.7 Å². The lowest BCUT2D eigenvalue weighted by atomic mass is 10.1. The molecule has 0 spiro atoms. The van der Waals surface area contributed by atoms with Crippen LogP contribution in [-0.2, 0) is 9.53 Å². The molecule has 2 atom stereocenters. The molecule has 1 heterocycles. The van der Waals surface area contributed by atoms with Gasteiger partial charge in [-0.25, -0.2) is 0 Å². The summed E-state index contributed by atoms with van der Waals surface area (Å²) in [5.41, 5.74) is -1.02. The Morgan fingerprint density at radius 3 is 2.86 bits per heavy atom. The molecule has 1 aromatic rings. The Hall–Kier alpha value is -0.780. The number of rotatable bonds is 5. The van der Waals surface area contributed by atoms with E-state index in [9.17, 15) is 4.79 Å². The minimum atomic E-state index is -1.02. The zero-order valence-corrected chi connectivity index (χ0v) is 15.3. The van der Waals surface area contributed by atoms with E-state index in [1.54, 1.807) is 26.0 Å². The van der Waals surface area contributed by atoms with Gasteiger partial charge in [0.1, 0.15) is 5.75 Å². The Balaban J connectivity index is 2.00. The van der Waals surface area contributed by atoms with Gasteiger partial charge in [0.2, 0.25) is 0 Å². The molecule has 1 aromatic carbocycles. The molecule has 4 nitrogen and oxygen atoms in total. The van der Waals surface area contributed by atoms with E-state index < -0.39 is 5.60 Å². The standard InChI is InChI=1S/C16H21BrClNO3/c1-10(13-5-4-8-21-13)19-15(20)16(2,3)22-14-7-6-11(17)9-12(14)18/h6-7,9-10,13H,4-5,8H2,1-3H3,(H,19,20)/t10-,13+/m0/s1. The van der Waals surface area contributed by atoms with Gasteiger partial charge in [-0.3, -0.25) is 4.79 Å². The maximum absolute atomic E-state index is 12.5. The quantitative estimate of drug-likeness (QED) is 0.828. The molecule has 1 amide bonds. The number of nitrogens with one attached hydrogen (secondary N) is 1. The lowest BCUT2D eigenvalue weighted by molar-refractivity contribution is -0.135. The van der Waals surface area contributed by atoms with Crippen LogP contribution in [0.5, 0.6) is 5.75 Å². The average Bonchev–Trinajstić information content (AvgIpc) is 2.96. The van der Waals surface area contributed by atoms with Crippen molar-refractivity contribution in [3.05, 3.63) is 27.7 Å². The van der Waals surface area contributed by atoms with Gasteiger partial charge in [0, 0.05) is 11.1 Å². The van der Waals surface area contributed by atoms with Crippen LogP contribution in [0.25, 0.3) is 0 Å². The first-order valence-corrected chi connectivity index (χ1v) is 8.53. The molecule has 0 radical (unpaired) electrons. The Morgan fingerprint density at radius 1 is 1.55 bits per heavy atom. The maximum Gasteiger partial charge on any atom is 0.263 e. The van der Waals surface area contributed by atoms with Gasteiger partial charge in [0.15, 0.2) is 5.60 Å². The molecular formula is C16H21BrClNO3. The van der Waals surface area contributed by atoms with E-state index in [0.717, 1.165) is 23.9 Å². The molecule has 2 rings (SSSR count). The molecule has 0 aromatic heterocycles. The first kappa shape index (κ1) is 17.6. The molecule has 1 aliphatic rings. The fraction of sp³-hybridized carbons (Fsp3) is 0.562. The highest BCUT2D eigenvalue weighted by Crippen LogP contribution is 2.30. The van der Waals surface area contributed by atoms with Gasteiger partial charge >= 0.3 is 0 Å². The van der Waals surface area contributed by atoms with Crippen LogP contribution in [0.4, 0.5) is 0 Å². The van der Waals surface area contributed by atoms with Crippen LogP contribution < -0.4 is 10.1 Å². The second kappa shape index (κ2) is 7.20. The van der Waals surface area contributed by atoms with Crippen LogP contribution in [0.1, 0.15) is 33.6 Å². The smallest absolute Gasteiger partial charge is 0.263 e. The number of hydrogen-bond acceptors (Lipinski definition) is 3. The van der Waals surface area contributed by atoms with Gasteiger partial charge in [-0.1, -0.05) is 27.5 Å². The third kappa shape index (κ3) is 4.37. The lowest BCUT2D eigenvalue weighted by Crippen LogP contribution is -2.52. The highest BCUT2D eigenvalue weighted by molar-refractivity contribution is 9.10. The summed E-state index contributed by atoms with van der Waals surface area (Å²) in [7, 11) is 0. The second-order valence-corrected chi connectivity index (χ2v) is 7.32. The number of amides is 1. The lowest BCUT2D eigenvalue weighted by Gasteiger charge is -2.29. The van der Waals surface area contributed by atoms with Crippen LogP contribution in [0.2, 0.25) is 5.02 Å². The van der Waals surface area contributed by atoms with E-state index in [1.807, 2.05) is 13.0 Å². The Bertz CT molecular complexity index is 544. The van der Waals surface area contributed by atoms with E-state index in [2.05, 4.69) is 21.2 Å². The molecule has 0 bridgehead atoms. The normalized spacial score (nSPS) is 19.8. The van der Waals surface area contributed by atoms with Crippen molar-refractivity contribution >= 4 is 33.4 Å². The first-order valence-electron chi connectivity index (χ1n) is 7.36. The fourth-order valence-corrected chi connectivity index (χ4v) is 3.06. The van der Waals surface area contributed by atoms with E-state index in [1.165, 1.54) is 0 Å². The number of carbonyl (C=O) groups excluding carboxylic acids is 1. The topological polar surface area (TPSA) is 47.6 Å². The Labute approximate surface area is 144 Å². The van der Waals surface area contributed by atoms with Crippen LogP contribution in [0, 0.1) is 0 Å². The zero-order valence-electron chi connectivity index (χ0n) is 13.0. The minimum Gasteiger partial charge on any atom is -0.476 e. The molecule has 1 fully saturated rings. The number of hydrogen-bond donors (Lipinski definition) is 1. The number of benzene rings is 1. The van der Waals surface area contributed by atoms with Crippen molar-refractivity contribution in [3.8, 4) is 5.75 Å². The number of halogens is 2. The second-order valence-electron chi connectivity index (χ2n) is 6.00. The molecule has 0 aliphatic carbocycles. The molecule has 122 valence electrons. The van der Waals surface area contributed by atoms with Crippen molar-refractivity contribution < 1.29 is 14.3 Å². The van der Waals surface area contributed by atoms with Crippen LogP contribution in [-0.4, -0.2) is 30.3 Å². The summed E-state index contributed by atoms with van der Waals surface area (Å²) < 4.78 is 12.3. The fourth-order valence-electron chi connectivity index (χ4n) is 2.35. The molecule has 1 aliphatic heterocycles. The summed E-state index contributed by atoms with van der Waals surface area (Å²) in [6.45, 7) is 6.17. The van der Waals surface area contributed by atoms with Gasteiger partial charge in [-0.15, -0.1) is 0 Å². The van der Waals surface area contributed by atoms with Crippen molar-refractivity contribution in [1.29, 1.82) is 0 Å². The average molecular weight is 391 g/mol. The largest absolute Gasteiger partial charge is 0.476 e. The highest BCUT2D eigenvalue weighted by atomic mass is 79.9. The summed E-state index contributed by atoms with van der Waals surface area (Å²) in [4.78, 5) is 12.5. The van der Waals surface area contributed by atoms with Crippen molar-refractivity contribution in [1.82, 2.24) is 5.32 Å². The molecular weight excluding hydrogens is 370 g/mol. The maximum atomic E-state index is 12.5. The summed E-state index contributed by atoms with van der Waals surface area (Å²) in [6.07, 6.45) is 2.09. The molecule has 6 heteroatoms. The van der Waals surface area contributed by atoms with Crippen molar-refractivity contribution in [2.24, 2.45) is 0 Å². The van der Waals surface area contributed by atoms with Gasteiger partial charge in [-0.2, -0.15) is 0 Å². The Kier molecular flexibility index (Phi) is 5.75. The van der Waals surface area contributed by atoms with E-state index in [-0.39, 0.29) is 18.1 Å². The van der Waals surface area contributed by atoms with Crippen molar-refractivity contribution in [3.63, 3.8) is 0 Å². The third-order valence-corrected chi connectivity index (χ3v) is 4.48. The number of carbonyl (C=O) groups is 1. The van der Waals surface area contributed by atoms with Crippen molar-refractivity contribution in [2.45, 2.75) is 51.4 Å². The predicted molar refractivity (Wildman–Crippen MR) is 90.4 cm³/mol. The molecule has 0 unspecified atom stereocenters. The first-order chi connectivity index (χ1) is 10.3. The Morgan fingerprint density at radius 2 is 2.27 bits per heavy atom. The van der Waals surface area contributed by atoms with E-state index in [4.69, 9.17) is 21.1 Å². The molecule has 22 heavy (non-hydrogen) atoms. The van der Waals surface area contributed by atoms with Gasteiger partial charge in [-0.05, 0) is 51.8 Å². The monoisotopic (exact) mass is 389 g/mol. The van der Waals surface area contributed by atoms with Gasteiger partial charge in [0.05, 0.1) is 17.2 Å². The predicted octanol–water partition coefficient (Wildman–Crippen LogP) is 3.94. The van der Waals surface area contributed by atoms with Gasteiger partial charge < -0.3 is 14.8 Å². The third-order valence-electron chi connectivity index (χ3n) is 3.69. The molecule has 1 saturated heterocycles. The summed E-state index contributed by atoms with van der Waals surface area (Å²) in [5, 5.41) is 3.43. The molecule has 1 N–H and O–H groups in total. The molecule has 0 saturated carbocycles. The van der Waals surface area contributed by atoms with Crippen molar-refractivity contribution in [2.75, 3.05) is 6.61 Å². The van der Waals surface area contributed by atoms with Crippen LogP contribution in [0.3, 0.4) is 0 Å². The zero-order chi connectivity index (χ0) is 16.3. The highest BCUT2D eigenvalue weighted by Gasteiger charge is 2.33. The minimum absolute atomic E-state index is 0.0433. The summed E-state index contributed by atoms with van der Waals surface area (Å²) >= 11 is 9.48. The summed E-state index contributed by atoms with van der Waals surface area (Å²) in [6, 6.07) is 5.26.